The fraction of sp³-hybridized carbons (Fsp3) is 0.591. The third kappa shape index (κ3) is 3.37. The van der Waals surface area contributed by atoms with Crippen LogP contribution >= 0.6 is 0 Å². The normalized spacial score (nSPS) is 29.3. The van der Waals surface area contributed by atoms with Gasteiger partial charge in [-0.25, -0.2) is 4.98 Å². The van der Waals surface area contributed by atoms with Crippen molar-refractivity contribution in [2.75, 3.05) is 46.3 Å². The Balaban J connectivity index is 1.36. The Morgan fingerprint density at radius 3 is 2.57 bits per heavy atom. The maximum absolute atomic E-state index is 13.0. The lowest BCUT2D eigenvalue weighted by Crippen LogP contribution is -2.62. The van der Waals surface area contributed by atoms with Gasteiger partial charge in [-0.2, -0.15) is 0 Å². The Hall–Kier alpha value is -2.45. The van der Waals surface area contributed by atoms with E-state index in [9.17, 15) is 9.59 Å². The molecule has 0 saturated carbocycles. The lowest BCUT2D eigenvalue weighted by atomic mass is 9.79. The molecule has 1 N–H and O–H groups in total. The largest absolute Gasteiger partial charge is 0.462 e. The van der Waals surface area contributed by atoms with Gasteiger partial charge in [0.15, 0.2) is 5.58 Å². The zero-order valence-electron chi connectivity index (χ0n) is 17.6. The first kappa shape index (κ1) is 19.5. The van der Waals surface area contributed by atoms with Crippen molar-refractivity contribution in [3.05, 3.63) is 29.8 Å². The molecule has 2 atom stereocenters. The number of pyridine rings is 1. The minimum absolute atomic E-state index is 0.0505. The number of aromatic nitrogens is 1. The number of fused-ring (bicyclic) bond motifs is 4. The van der Waals surface area contributed by atoms with E-state index in [1.807, 2.05) is 4.90 Å². The molecule has 0 aromatic carbocycles. The van der Waals surface area contributed by atoms with Crippen LogP contribution in [0.4, 0.5) is 0 Å². The molecule has 6 heterocycles. The molecular weight excluding hydrogens is 382 g/mol. The van der Waals surface area contributed by atoms with Gasteiger partial charge >= 0.3 is 0 Å². The molecule has 4 saturated heterocycles. The van der Waals surface area contributed by atoms with Gasteiger partial charge in [-0.3, -0.25) is 14.5 Å². The molecule has 0 spiro atoms. The van der Waals surface area contributed by atoms with Crippen molar-refractivity contribution in [3.8, 4) is 0 Å². The molecule has 0 unspecified atom stereocenters. The first-order valence-electron chi connectivity index (χ1n) is 10.9. The van der Waals surface area contributed by atoms with Crippen LogP contribution in [0.5, 0.6) is 0 Å². The van der Waals surface area contributed by atoms with Crippen LogP contribution in [0.25, 0.3) is 11.0 Å². The standard InChI is InChI=1S/C22H29N5O3/c1-14-20(15-3-5-26(14)6-4-15)24-21(28)18-11-16-17(13-30-19(16)12-23-18)22(29)27-9-7-25(2)8-10-27/h11-15,20H,3-10H2,1-2H3,(H,24,28)/t14-,20-/m0/s1. The summed E-state index contributed by atoms with van der Waals surface area (Å²) in [6.45, 7) is 7.53. The van der Waals surface area contributed by atoms with Crippen LogP contribution in [0.3, 0.4) is 0 Å². The number of piperazine rings is 1. The van der Waals surface area contributed by atoms with Gasteiger partial charge in [-0.15, -0.1) is 0 Å². The molecule has 30 heavy (non-hydrogen) atoms. The predicted molar refractivity (Wildman–Crippen MR) is 112 cm³/mol. The van der Waals surface area contributed by atoms with E-state index < -0.39 is 0 Å². The summed E-state index contributed by atoms with van der Waals surface area (Å²) in [5.74, 6) is 0.299. The first-order valence-corrected chi connectivity index (χ1v) is 10.9. The summed E-state index contributed by atoms with van der Waals surface area (Å²) in [4.78, 5) is 36.8. The molecule has 2 aromatic rings. The monoisotopic (exact) mass is 411 g/mol. The van der Waals surface area contributed by atoms with E-state index in [1.165, 1.54) is 6.26 Å². The number of carbonyl (C=O) groups excluding carboxylic acids is 2. The Kier molecular flexibility index (Phi) is 4.99. The lowest BCUT2D eigenvalue weighted by Gasteiger charge is -2.49. The van der Waals surface area contributed by atoms with Crippen LogP contribution in [0, 0.1) is 5.92 Å². The maximum Gasteiger partial charge on any atom is 0.270 e. The SMILES string of the molecule is C[C@H]1[C@H](NC(=O)c2cc3c(C(=O)N4CCN(C)CC4)coc3cn2)C2CCN1CC2. The van der Waals surface area contributed by atoms with Crippen molar-refractivity contribution >= 4 is 22.8 Å². The van der Waals surface area contributed by atoms with E-state index in [-0.39, 0.29) is 17.9 Å². The Morgan fingerprint density at radius 2 is 1.87 bits per heavy atom. The average molecular weight is 412 g/mol. The summed E-state index contributed by atoms with van der Waals surface area (Å²) in [6, 6.07) is 2.19. The third-order valence-electron chi connectivity index (χ3n) is 7.19. The van der Waals surface area contributed by atoms with E-state index in [0.717, 1.165) is 39.0 Å². The summed E-state index contributed by atoms with van der Waals surface area (Å²) in [7, 11) is 2.06. The van der Waals surface area contributed by atoms with E-state index in [0.29, 0.717) is 47.3 Å². The van der Waals surface area contributed by atoms with E-state index in [2.05, 4.69) is 34.1 Å². The molecule has 4 fully saturated rings. The number of carbonyl (C=O) groups is 2. The quantitative estimate of drug-likeness (QED) is 0.823. The van der Waals surface area contributed by atoms with Crippen molar-refractivity contribution < 1.29 is 14.0 Å². The van der Waals surface area contributed by atoms with Gasteiger partial charge in [0, 0.05) is 43.6 Å². The van der Waals surface area contributed by atoms with Gasteiger partial charge in [0.25, 0.3) is 11.8 Å². The van der Waals surface area contributed by atoms with Crippen LogP contribution in [-0.4, -0.2) is 89.9 Å². The van der Waals surface area contributed by atoms with Gasteiger partial charge in [0.2, 0.25) is 0 Å². The van der Waals surface area contributed by atoms with Crippen LogP contribution in [0.1, 0.15) is 40.6 Å². The second kappa shape index (κ2) is 7.67. The van der Waals surface area contributed by atoms with Crippen LogP contribution in [0.2, 0.25) is 0 Å². The highest BCUT2D eigenvalue weighted by Gasteiger charge is 2.40. The molecule has 2 bridgehead atoms. The van der Waals surface area contributed by atoms with Gasteiger partial charge in [-0.05, 0) is 51.9 Å². The number of nitrogens with one attached hydrogen (secondary N) is 1. The molecule has 4 aliphatic rings. The summed E-state index contributed by atoms with van der Waals surface area (Å²) in [5.41, 5.74) is 1.36. The summed E-state index contributed by atoms with van der Waals surface area (Å²) in [6.07, 6.45) is 5.30. The molecule has 8 nitrogen and oxygen atoms in total. The summed E-state index contributed by atoms with van der Waals surface area (Å²) >= 11 is 0. The second-order valence-electron chi connectivity index (χ2n) is 8.92. The molecule has 6 rings (SSSR count). The molecule has 2 aromatic heterocycles. The maximum atomic E-state index is 13.0. The number of nitrogens with zero attached hydrogens (tertiary/aromatic N) is 4. The fourth-order valence-electron chi connectivity index (χ4n) is 5.17. The highest BCUT2D eigenvalue weighted by molar-refractivity contribution is 6.07. The fourth-order valence-corrected chi connectivity index (χ4v) is 5.17. The minimum atomic E-state index is -0.179. The molecule has 0 aliphatic carbocycles. The number of likely N-dealkylation sites (N-methyl/N-ethyl adjacent to an activating group) is 1. The highest BCUT2D eigenvalue weighted by atomic mass is 16.3. The minimum Gasteiger partial charge on any atom is -0.462 e. The van der Waals surface area contributed by atoms with E-state index >= 15 is 0 Å². The first-order chi connectivity index (χ1) is 14.5. The predicted octanol–water partition coefficient (Wildman–Crippen LogP) is 1.43. The Labute approximate surface area is 176 Å². The zero-order valence-corrected chi connectivity index (χ0v) is 17.6. The van der Waals surface area contributed by atoms with Crippen molar-refractivity contribution in [2.45, 2.75) is 31.8 Å². The molecular formula is C22H29N5O3. The average Bonchev–Trinajstić information content (AvgIpc) is 3.19. The van der Waals surface area contributed by atoms with Gasteiger partial charge in [0.1, 0.15) is 12.0 Å². The number of hydrogen-bond acceptors (Lipinski definition) is 6. The van der Waals surface area contributed by atoms with Crippen molar-refractivity contribution in [3.63, 3.8) is 0 Å². The zero-order chi connectivity index (χ0) is 20.8. The van der Waals surface area contributed by atoms with Crippen molar-refractivity contribution in [1.82, 2.24) is 25.0 Å². The number of hydrogen-bond donors (Lipinski definition) is 1. The third-order valence-corrected chi connectivity index (χ3v) is 7.19. The van der Waals surface area contributed by atoms with Crippen molar-refractivity contribution in [2.24, 2.45) is 5.92 Å². The van der Waals surface area contributed by atoms with Gasteiger partial charge < -0.3 is 19.5 Å². The van der Waals surface area contributed by atoms with Crippen LogP contribution < -0.4 is 5.32 Å². The molecule has 2 amide bonds. The number of rotatable bonds is 3. The van der Waals surface area contributed by atoms with Gasteiger partial charge in [0.05, 0.1) is 11.8 Å². The van der Waals surface area contributed by atoms with Gasteiger partial charge in [-0.1, -0.05) is 0 Å². The molecule has 8 heteroatoms. The number of furan rings is 1. The van der Waals surface area contributed by atoms with Crippen molar-refractivity contribution in [1.29, 1.82) is 0 Å². The Morgan fingerprint density at radius 1 is 1.13 bits per heavy atom. The van der Waals surface area contributed by atoms with Crippen LogP contribution in [-0.2, 0) is 0 Å². The summed E-state index contributed by atoms with van der Waals surface area (Å²) < 4.78 is 5.57. The Bertz CT molecular complexity index is 955. The van der Waals surface area contributed by atoms with E-state index in [4.69, 9.17) is 4.42 Å². The smallest absolute Gasteiger partial charge is 0.270 e. The highest BCUT2D eigenvalue weighted by Crippen LogP contribution is 2.32. The van der Waals surface area contributed by atoms with Crippen LogP contribution in [0.15, 0.2) is 22.9 Å². The molecule has 160 valence electrons. The summed E-state index contributed by atoms with van der Waals surface area (Å²) in [5, 5.41) is 3.87. The lowest BCUT2D eigenvalue weighted by molar-refractivity contribution is 0.0216. The molecule has 4 aliphatic heterocycles. The molecule has 0 radical (unpaired) electrons. The topological polar surface area (TPSA) is 81.9 Å². The number of amides is 2. The number of piperidine rings is 3. The van der Waals surface area contributed by atoms with E-state index in [1.54, 1.807) is 12.3 Å². The second-order valence-corrected chi connectivity index (χ2v) is 8.92.